The average Bonchev–Trinajstić information content (AvgIpc) is 2.25. The number of phosphoric acid groups is 1. The Hall–Kier alpha value is 0.0400. The molecular weight excluding hydrogens is 309 g/mol. The minimum atomic E-state index is -3.68. The van der Waals surface area contributed by atoms with Crippen molar-refractivity contribution in [2.24, 2.45) is 0 Å². The van der Waals surface area contributed by atoms with Crippen molar-refractivity contribution in [1.82, 2.24) is 0 Å². The van der Waals surface area contributed by atoms with E-state index in [4.69, 9.17) is 43.9 Å². The van der Waals surface area contributed by atoms with Crippen molar-refractivity contribution < 1.29 is 18.1 Å². The zero-order chi connectivity index (χ0) is 12.9. The molecule has 17 heavy (non-hydrogen) atoms. The van der Waals surface area contributed by atoms with E-state index in [-0.39, 0.29) is 18.2 Å². The average molecular weight is 320 g/mol. The number of alkyl halides is 1. The smallest absolute Gasteiger partial charge is 0.404 e. The predicted octanol–water partition coefficient (Wildman–Crippen LogP) is 4.38. The fourth-order valence-electron chi connectivity index (χ4n) is 0.973. The van der Waals surface area contributed by atoms with Crippen LogP contribution in [0.4, 0.5) is 0 Å². The summed E-state index contributed by atoms with van der Waals surface area (Å²) in [6.45, 7) is 0.0426. The van der Waals surface area contributed by atoms with Crippen LogP contribution in [0.5, 0.6) is 5.75 Å². The fourth-order valence-corrected chi connectivity index (χ4v) is 2.57. The van der Waals surface area contributed by atoms with Gasteiger partial charge in [-0.2, -0.15) is 0 Å². The zero-order valence-corrected chi connectivity index (χ0v) is 12.0. The second-order valence-electron chi connectivity index (χ2n) is 2.85. The van der Waals surface area contributed by atoms with Crippen molar-refractivity contribution in [2.45, 2.75) is 0 Å². The van der Waals surface area contributed by atoms with Crippen LogP contribution in [0.25, 0.3) is 0 Å². The van der Waals surface area contributed by atoms with Gasteiger partial charge in [-0.15, -0.1) is 11.6 Å². The van der Waals surface area contributed by atoms with Gasteiger partial charge in [-0.3, -0.25) is 9.05 Å². The van der Waals surface area contributed by atoms with Crippen LogP contribution in [0, 0.1) is 0 Å². The molecule has 4 nitrogen and oxygen atoms in total. The molecule has 0 N–H and O–H groups in total. The van der Waals surface area contributed by atoms with Crippen LogP contribution in [0.3, 0.4) is 0 Å². The molecule has 1 rings (SSSR count). The van der Waals surface area contributed by atoms with Gasteiger partial charge in [0.15, 0.2) is 0 Å². The summed E-state index contributed by atoms with van der Waals surface area (Å²) in [5.41, 5.74) is 0. The molecule has 0 aromatic heterocycles. The van der Waals surface area contributed by atoms with E-state index in [2.05, 4.69) is 4.52 Å². The molecule has 1 aromatic carbocycles. The Morgan fingerprint density at radius 2 is 1.82 bits per heavy atom. The van der Waals surface area contributed by atoms with Crippen molar-refractivity contribution >= 4 is 42.6 Å². The molecule has 0 fully saturated rings. The molecule has 1 atom stereocenters. The van der Waals surface area contributed by atoms with E-state index in [1.165, 1.54) is 25.3 Å². The molecule has 0 heterocycles. The Kier molecular flexibility index (Phi) is 6.07. The second-order valence-corrected chi connectivity index (χ2v) is 5.80. The van der Waals surface area contributed by atoms with Crippen LogP contribution in [0.15, 0.2) is 18.2 Å². The molecule has 0 aliphatic heterocycles. The number of benzene rings is 1. The number of rotatable bonds is 6. The highest BCUT2D eigenvalue weighted by molar-refractivity contribution is 7.48. The zero-order valence-electron chi connectivity index (χ0n) is 8.86. The first-order valence-corrected chi connectivity index (χ1v) is 7.26. The molecule has 0 aliphatic carbocycles. The standard InChI is InChI=1S/C9H10Cl3O4P/c1-14-17(13,15-3-2-10)16-9-5-7(11)4-8(12)6-9/h4-6H,2-3H2,1H3. The molecule has 0 radical (unpaired) electrons. The lowest BCUT2D eigenvalue weighted by Gasteiger charge is -2.16. The first-order chi connectivity index (χ1) is 7.99. The molecule has 1 unspecified atom stereocenters. The summed E-state index contributed by atoms with van der Waals surface area (Å²) >= 11 is 17.0. The third kappa shape index (κ3) is 5.04. The van der Waals surface area contributed by atoms with Gasteiger partial charge in [0.05, 0.1) is 6.61 Å². The van der Waals surface area contributed by atoms with Crippen LogP contribution in [0.2, 0.25) is 10.0 Å². The highest BCUT2D eigenvalue weighted by atomic mass is 35.5. The third-order valence-electron chi connectivity index (χ3n) is 1.60. The summed E-state index contributed by atoms with van der Waals surface area (Å²) in [6.07, 6.45) is 0. The molecule has 0 amide bonds. The molecule has 0 saturated carbocycles. The summed E-state index contributed by atoms with van der Waals surface area (Å²) in [5, 5.41) is 0.708. The van der Waals surface area contributed by atoms with Crippen LogP contribution >= 0.6 is 42.6 Å². The maximum absolute atomic E-state index is 11.9. The number of hydrogen-bond donors (Lipinski definition) is 0. The van der Waals surface area contributed by atoms with Gasteiger partial charge in [-0.1, -0.05) is 23.2 Å². The third-order valence-corrected chi connectivity index (χ3v) is 3.57. The van der Waals surface area contributed by atoms with Crippen LogP contribution in [-0.4, -0.2) is 19.6 Å². The fraction of sp³-hybridized carbons (Fsp3) is 0.333. The van der Waals surface area contributed by atoms with Crippen LogP contribution < -0.4 is 4.52 Å². The van der Waals surface area contributed by atoms with Crippen molar-refractivity contribution in [3.05, 3.63) is 28.2 Å². The van der Waals surface area contributed by atoms with E-state index < -0.39 is 7.82 Å². The Balaban J connectivity index is 2.83. The lowest BCUT2D eigenvalue weighted by atomic mass is 10.3. The summed E-state index contributed by atoms with van der Waals surface area (Å²) in [4.78, 5) is 0. The molecule has 0 saturated heterocycles. The maximum Gasteiger partial charge on any atom is 0.529 e. The first kappa shape index (κ1) is 15.1. The van der Waals surface area contributed by atoms with Crippen molar-refractivity contribution in [3.8, 4) is 5.75 Å². The lowest BCUT2D eigenvalue weighted by molar-refractivity contribution is 0.188. The van der Waals surface area contributed by atoms with Crippen molar-refractivity contribution in [3.63, 3.8) is 0 Å². The second kappa shape index (κ2) is 6.83. The highest BCUT2D eigenvalue weighted by Gasteiger charge is 2.26. The topological polar surface area (TPSA) is 44.8 Å². The Morgan fingerprint density at radius 3 is 2.29 bits per heavy atom. The summed E-state index contributed by atoms with van der Waals surface area (Å²) in [6, 6.07) is 4.42. The summed E-state index contributed by atoms with van der Waals surface area (Å²) in [5.74, 6) is 0.370. The molecule has 0 bridgehead atoms. The SMILES string of the molecule is COP(=O)(OCCCl)Oc1cc(Cl)cc(Cl)c1. The van der Waals surface area contributed by atoms with E-state index in [1.807, 2.05) is 0 Å². The Morgan fingerprint density at radius 1 is 1.24 bits per heavy atom. The minimum Gasteiger partial charge on any atom is -0.404 e. The van der Waals surface area contributed by atoms with E-state index in [1.54, 1.807) is 0 Å². The normalized spacial score (nSPS) is 14.4. The van der Waals surface area contributed by atoms with Gasteiger partial charge in [0.1, 0.15) is 5.75 Å². The van der Waals surface area contributed by atoms with Gasteiger partial charge in [0, 0.05) is 23.0 Å². The summed E-state index contributed by atoms with van der Waals surface area (Å²) < 4.78 is 26.6. The van der Waals surface area contributed by atoms with E-state index in [9.17, 15) is 4.57 Å². The number of phosphoric ester groups is 1. The van der Waals surface area contributed by atoms with Gasteiger partial charge >= 0.3 is 7.82 Å². The minimum absolute atomic E-state index is 0.0426. The molecule has 8 heteroatoms. The van der Waals surface area contributed by atoms with Gasteiger partial charge in [0.25, 0.3) is 0 Å². The lowest BCUT2D eigenvalue weighted by Crippen LogP contribution is -2.02. The molecule has 0 aliphatic rings. The maximum atomic E-state index is 11.9. The summed E-state index contributed by atoms with van der Waals surface area (Å²) in [7, 11) is -2.47. The Bertz CT molecular complexity index is 406. The predicted molar refractivity (Wildman–Crippen MR) is 68.4 cm³/mol. The number of hydrogen-bond acceptors (Lipinski definition) is 4. The van der Waals surface area contributed by atoms with Gasteiger partial charge < -0.3 is 4.52 Å². The van der Waals surface area contributed by atoms with E-state index in [0.717, 1.165) is 0 Å². The van der Waals surface area contributed by atoms with Gasteiger partial charge in [-0.25, -0.2) is 4.57 Å². The first-order valence-electron chi connectivity index (χ1n) is 4.51. The largest absolute Gasteiger partial charge is 0.529 e. The number of halogens is 3. The highest BCUT2D eigenvalue weighted by Crippen LogP contribution is 2.49. The molecule has 96 valence electrons. The van der Waals surface area contributed by atoms with Crippen LogP contribution in [-0.2, 0) is 13.6 Å². The van der Waals surface area contributed by atoms with E-state index >= 15 is 0 Å². The van der Waals surface area contributed by atoms with Crippen molar-refractivity contribution in [2.75, 3.05) is 19.6 Å². The quantitative estimate of drug-likeness (QED) is 0.576. The Labute approximate surface area is 114 Å². The van der Waals surface area contributed by atoms with E-state index in [0.29, 0.717) is 10.0 Å². The van der Waals surface area contributed by atoms with Crippen LogP contribution in [0.1, 0.15) is 0 Å². The van der Waals surface area contributed by atoms with Gasteiger partial charge in [0.2, 0.25) is 0 Å². The van der Waals surface area contributed by atoms with Gasteiger partial charge in [-0.05, 0) is 18.2 Å². The molecular formula is C9H10Cl3O4P. The van der Waals surface area contributed by atoms with Crippen molar-refractivity contribution in [1.29, 1.82) is 0 Å². The monoisotopic (exact) mass is 318 g/mol. The molecule has 0 spiro atoms. The molecule has 1 aromatic rings.